The Morgan fingerprint density at radius 3 is 3.12 bits per heavy atom. The molecule has 0 aliphatic heterocycles. The van der Waals surface area contributed by atoms with Crippen LogP contribution in [0.2, 0.25) is 0 Å². The Kier molecular flexibility index (Phi) is 5.18. The zero-order chi connectivity index (χ0) is 16.8. The molecule has 0 saturated carbocycles. The van der Waals surface area contributed by atoms with Gasteiger partial charge in [-0.15, -0.1) is 16.7 Å². The van der Waals surface area contributed by atoms with Crippen LogP contribution in [0.15, 0.2) is 55.0 Å². The monoisotopic (exact) mass is 342 g/mol. The van der Waals surface area contributed by atoms with Gasteiger partial charge in [0.25, 0.3) is 0 Å². The van der Waals surface area contributed by atoms with Gasteiger partial charge < -0.3 is 4.74 Å². The largest absolute Gasteiger partial charge is 0.456 e. The van der Waals surface area contributed by atoms with E-state index in [2.05, 4.69) is 15.1 Å². The number of carbonyl (C=O) groups is 1. The number of pyridine rings is 1. The lowest BCUT2D eigenvalue weighted by atomic mass is 10.1. The van der Waals surface area contributed by atoms with Gasteiger partial charge in [-0.2, -0.15) is 0 Å². The van der Waals surface area contributed by atoms with Crippen LogP contribution in [-0.2, 0) is 16.1 Å². The van der Waals surface area contributed by atoms with Gasteiger partial charge in [-0.05, 0) is 18.6 Å². The molecule has 3 rings (SSSR count). The van der Waals surface area contributed by atoms with Gasteiger partial charge in [-0.3, -0.25) is 4.98 Å². The second-order valence-electron chi connectivity index (χ2n) is 5.07. The summed E-state index contributed by atoms with van der Waals surface area (Å²) in [6, 6.07) is 5.43. The van der Waals surface area contributed by atoms with E-state index >= 15 is 0 Å². The third-order valence-electron chi connectivity index (χ3n) is 3.24. The van der Waals surface area contributed by atoms with Gasteiger partial charge in [-0.25, -0.2) is 14.5 Å². The van der Waals surface area contributed by atoms with Crippen LogP contribution in [0.4, 0.5) is 0 Å². The average molecular weight is 343 g/mol. The highest BCUT2D eigenvalue weighted by atomic mass is 35.5. The van der Waals surface area contributed by atoms with Gasteiger partial charge in [0.15, 0.2) is 5.82 Å². The number of ether oxygens (including phenoxy) is 1. The molecular formula is C17H15ClN4O2. The van der Waals surface area contributed by atoms with Gasteiger partial charge in [-0.1, -0.05) is 24.3 Å². The maximum absolute atomic E-state index is 11.7. The van der Waals surface area contributed by atoms with Crippen molar-refractivity contribution in [2.75, 3.05) is 0 Å². The number of rotatable bonds is 5. The highest BCUT2D eigenvalue weighted by Crippen LogP contribution is 2.21. The third-order valence-corrected chi connectivity index (χ3v) is 3.54. The molecule has 2 aromatic rings. The molecule has 1 unspecified atom stereocenters. The Hall–Kier alpha value is -2.73. The van der Waals surface area contributed by atoms with Gasteiger partial charge in [0, 0.05) is 24.0 Å². The van der Waals surface area contributed by atoms with Crippen LogP contribution in [-0.4, -0.2) is 31.1 Å². The molecule has 0 N–H and O–H groups in total. The number of hydrogen-bond acceptors (Lipinski definition) is 5. The minimum atomic E-state index is -0.477. The second kappa shape index (κ2) is 7.70. The molecule has 1 atom stereocenters. The average Bonchev–Trinajstić information content (AvgIpc) is 3.08. The maximum Gasteiger partial charge on any atom is 0.332 e. The molecule has 1 aliphatic carbocycles. The van der Waals surface area contributed by atoms with Crippen LogP contribution >= 0.6 is 11.6 Å². The normalized spacial score (nSPS) is 17.0. The van der Waals surface area contributed by atoms with Gasteiger partial charge in [0.2, 0.25) is 0 Å². The van der Waals surface area contributed by atoms with Gasteiger partial charge >= 0.3 is 5.97 Å². The molecule has 0 amide bonds. The van der Waals surface area contributed by atoms with Crippen molar-refractivity contribution in [2.24, 2.45) is 0 Å². The fourth-order valence-electron chi connectivity index (χ4n) is 2.09. The van der Waals surface area contributed by atoms with Crippen LogP contribution in [0, 0.1) is 0 Å². The fourth-order valence-corrected chi connectivity index (χ4v) is 2.32. The lowest BCUT2D eigenvalue weighted by Crippen LogP contribution is -2.03. The van der Waals surface area contributed by atoms with Crippen molar-refractivity contribution in [1.29, 1.82) is 0 Å². The SMILES string of the molecule is O=C(/C=C\n1cnc(C2=CC(Cl)CC=C2)n1)OCc1ccccn1. The summed E-state index contributed by atoms with van der Waals surface area (Å²) in [6.45, 7) is 0.126. The first-order chi connectivity index (χ1) is 11.7. The predicted molar refractivity (Wildman–Crippen MR) is 90.8 cm³/mol. The van der Waals surface area contributed by atoms with Crippen molar-refractivity contribution < 1.29 is 9.53 Å². The molecule has 0 radical (unpaired) electrons. The van der Waals surface area contributed by atoms with Gasteiger partial charge in [0.05, 0.1) is 11.1 Å². The maximum atomic E-state index is 11.7. The lowest BCUT2D eigenvalue weighted by Gasteiger charge is -2.07. The smallest absolute Gasteiger partial charge is 0.332 e. The van der Waals surface area contributed by atoms with Crippen molar-refractivity contribution in [3.05, 3.63) is 66.5 Å². The molecule has 6 nitrogen and oxygen atoms in total. The zero-order valence-electron chi connectivity index (χ0n) is 12.7. The van der Waals surface area contributed by atoms with E-state index in [9.17, 15) is 4.79 Å². The number of carbonyl (C=O) groups excluding carboxylic acids is 1. The van der Waals surface area contributed by atoms with Crippen LogP contribution in [0.5, 0.6) is 0 Å². The first kappa shape index (κ1) is 16.1. The van der Waals surface area contributed by atoms with Crippen molar-refractivity contribution in [2.45, 2.75) is 18.4 Å². The zero-order valence-corrected chi connectivity index (χ0v) is 13.5. The topological polar surface area (TPSA) is 69.9 Å². The number of hydrogen-bond donors (Lipinski definition) is 0. The lowest BCUT2D eigenvalue weighted by molar-refractivity contribution is -0.139. The Morgan fingerprint density at radius 1 is 1.42 bits per heavy atom. The first-order valence-electron chi connectivity index (χ1n) is 7.39. The summed E-state index contributed by atoms with van der Waals surface area (Å²) in [5.41, 5.74) is 1.56. The summed E-state index contributed by atoms with van der Waals surface area (Å²) in [6.07, 6.45) is 12.6. The summed E-state index contributed by atoms with van der Waals surface area (Å²) in [5, 5.41) is 4.23. The Morgan fingerprint density at radius 2 is 2.33 bits per heavy atom. The van der Waals surface area contributed by atoms with Crippen LogP contribution in [0.1, 0.15) is 17.9 Å². The first-order valence-corrected chi connectivity index (χ1v) is 7.83. The minimum absolute atomic E-state index is 0.0472. The Labute approximate surface area is 144 Å². The van der Waals surface area contributed by atoms with Crippen LogP contribution in [0.25, 0.3) is 11.8 Å². The minimum Gasteiger partial charge on any atom is -0.456 e. The molecule has 0 bridgehead atoms. The molecule has 0 saturated heterocycles. The molecular weight excluding hydrogens is 328 g/mol. The van der Waals surface area contributed by atoms with E-state index in [0.29, 0.717) is 11.5 Å². The van der Waals surface area contributed by atoms with Crippen molar-refractivity contribution >= 4 is 29.3 Å². The molecule has 0 spiro atoms. The predicted octanol–water partition coefficient (Wildman–Crippen LogP) is 2.84. The summed E-state index contributed by atoms with van der Waals surface area (Å²) < 4.78 is 6.55. The molecule has 24 heavy (non-hydrogen) atoms. The van der Waals surface area contributed by atoms with E-state index in [1.54, 1.807) is 18.3 Å². The number of esters is 1. The Balaban J connectivity index is 1.57. The Bertz CT molecular complexity index is 796. The standard InChI is InChI=1S/C17H15ClN4O2/c18-14-5-3-4-13(10-14)17-20-12-22(21-17)9-7-16(23)24-11-15-6-1-2-8-19-15/h1-4,6-10,12,14H,5,11H2/b9-7-. The van der Waals surface area contributed by atoms with E-state index in [-0.39, 0.29) is 12.0 Å². The number of aromatic nitrogens is 4. The molecule has 0 fully saturated rings. The molecule has 2 heterocycles. The van der Waals surface area contributed by atoms with Gasteiger partial charge in [0.1, 0.15) is 12.9 Å². The number of halogens is 1. The number of nitrogens with zero attached hydrogens (tertiary/aromatic N) is 4. The third kappa shape index (κ3) is 4.39. The number of alkyl halides is 1. The van der Waals surface area contributed by atoms with Crippen molar-refractivity contribution in [3.63, 3.8) is 0 Å². The van der Waals surface area contributed by atoms with Crippen molar-refractivity contribution in [3.8, 4) is 0 Å². The summed E-state index contributed by atoms with van der Waals surface area (Å²) in [7, 11) is 0. The van der Waals surface area contributed by atoms with Crippen LogP contribution < -0.4 is 0 Å². The second-order valence-corrected chi connectivity index (χ2v) is 5.63. The van der Waals surface area contributed by atoms with E-state index < -0.39 is 5.97 Å². The molecule has 122 valence electrons. The van der Waals surface area contributed by atoms with Crippen LogP contribution in [0.3, 0.4) is 0 Å². The number of allylic oxidation sites excluding steroid dienone is 4. The molecule has 0 aromatic carbocycles. The highest BCUT2D eigenvalue weighted by Gasteiger charge is 2.11. The van der Waals surface area contributed by atoms with Crippen molar-refractivity contribution in [1.82, 2.24) is 19.7 Å². The highest BCUT2D eigenvalue weighted by molar-refractivity contribution is 6.22. The molecule has 7 heteroatoms. The fraction of sp³-hybridized carbons (Fsp3) is 0.176. The van der Waals surface area contributed by atoms with E-state index in [4.69, 9.17) is 16.3 Å². The summed E-state index contributed by atoms with van der Waals surface area (Å²) in [4.78, 5) is 20.0. The summed E-state index contributed by atoms with van der Waals surface area (Å²) >= 11 is 6.09. The summed E-state index contributed by atoms with van der Waals surface area (Å²) in [5.74, 6) is 0.0819. The molecule has 2 aromatic heterocycles. The molecule has 1 aliphatic rings. The quantitative estimate of drug-likeness (QED) is 0.474. The van der Waals surface area contributed by atoms with E-state index in [0.717, 1.165) is 12.0 Å². The van der Waals surface area contributed by atoms with E-state index in [1.165, 1.54) is 23.3 Å². The van der Waals surface area contributed by atoms with E-state index in [1.807, 2.05) is 24.3 Å².